The zero-order valence-electron chi connectivity index (χ0n) is 15.3. The number of hydrogen-bond donors (Lipinski definition) is 0. The Hall–Kier alpha value is -2.86. The Bertz CT molecular complexity index is 960. The molecule has 3 heterocycles. The monoisotopic (exact) mass is 362 g/mol. The van der Waals surface area contributed by atoms with Gasteiger partial charge in [-0.1, -0.05) is 12.1 Å². The number of rotatable bonds is 3. The Balaban J connectivity index is 1.50. The Morgan fingerprint density at radius 1 is 1.22 bits per heavy atom. The van der Waals surface area contributed by atoms with Crippen molar-refractivity contribution in [2.75, 3.05) is 26.3 Å². The first-order valence-electron chi connectivity index (χ1n) is 9.19. The first kappa shape index (κ1) is 17.5. The second kappa shape index (κ2) is 7.80. The highest BCUT2D eigenvalue weighted by atomic mass is 16.5. The Kier molecular flexibility index (Phi) is 5.07. The van der Waals surface area contributed by atoms with Crippen LogP contribution in [0.5, 0.6) is 0 Å². The molecule has 0 unspecified atom stereocenters. The minimum absolute atomic E-state index is 0.0567. The number of amides is 1. The minimum atomic E-state index is -0.0567. The molecule has 1 saturated heterocycles. The summed E-state index contributed by atoms with van der Waals surface area (Å²) in [6.07, 6.45) is 4.29. The van der Waals surface area contributed by atoms with Gasteiger partial charge < -0.3 is 9.64 Å². The van der Waals surface area contributed by atoms with Crippen molar-refractivity contribution in [2.45, 2.75) is 13.3 Å². The van der Waals surface area contributed by atoms with Gasteiger partial charge in [-0.25, -0.2) is 9.97 Å². The van der Waals surface area contributed by atoms with E-state index in [9.17, 15) is 4.79 Å². The van der Waals surface area contributed by atoms with Crippen LogP contribution >= 0.6 is 0 Å². The van der Waals surface area contributed by atoms with Gasteiger partial charge in [0.2, 0.25) is 0 Å². The third-order valence-corrected chi connectivity index (χ3v) is 4.81. The molecule has 1 aliphatic heterocycles. The summed E-state index contributed by atoms with van der Waals surface area (Å²) in [5.74, 6) is 0.792. The molecule has 6 nitrogen and oxygen atoms in total. The molecule has 0 N–H and O–H groups in total. The molecule has 138 valence electrons. The van der Waals surface area contributed by atoms with E-state index in [4.69, 9.17) is 4.74 Å². The number of benzene rings is 1. The van der Waals surface area contributed by atoms with E-state index in [1.165, 1.54) is 5.56 Å². The molecule has 1 aromatic carbocycles. The SMILES string of the molecule is Cc1nccc(C(=O)N2CCOC[C@H](Cc3ccc4ncccc4c3)C2)n1. The quantitative estimate of drug-likeness (QED) is 0.716. The number of aryl methyl sites for hydroxylation is 1. The second-order valence-electron chi connectivity index (χ2n) is 6.92. The number of ether oxygens (including phenoxy) is 1. The van der Waals surface area contributed by atoms with Gasteiger partial charge in [-0.2, -0.15) is 0 Å². The van der Waals surface area contributed by atoms with Crippen LogP contribution in [0.25, 0.3) is 10.9 Å². The van der Waals surface area contributed by atoms with Crippen molar-refractivity contribution in [2.24, 2.45) is 5.92 Å². The van der Waals surface area contributed by atoms with Gasteiger partial charge in [0, 0.05) is 36.8 Å². The summed E-state index contributed by atoms with van der Waals surface area (Å²) < 4.78 is 5.77. The van der Waals surface area contributed by atoms with E-state index >= 15 is 0 Å². The molecule has 4 rings (SSSR count). The molecule has 0 aliphatic carbocycles. The number of hydrogen-bond acceptors (Lipinski definition) is 5. The van der Waals surface area contributed by atoms with Crippen LogP contribution in [0.2, 0.25) is 0 Å². The average Bonchev–Trinajstić information content (AvgIpc) is 2.93. The van der Waals surface area contributed by atoms with Gasteiger partial charge in [-0.3, -0.25) is 9.78 Å². The predicted molar refractivity (Wildman–Crippen MR) is 102 cm³/mol. The van der Waals surface area contributed by atoms with Crippen LogP contribution in [0.3, 0.4) is 0 Å². The van der Waals surface area contributed by atoms with E-state index in [1.807, 2.05) is 11.0 Å². The fourth-order valence-corrected chi connectivity index (χ4v) is 3.51. The van der Waals surface area contributed by atoms with Crippen LogP contribution in [0.1, 0.15) is 21.9 Å². The van der Waals surface area contributed by atoms with Gasteiger partial charge in [0.25, 0.3) is 5.91 Å². The van der Waals surface area contributed by atoms with Crippen LogP contribution in [0, 0.1) is 12.8 Å². The standard InChI is InChI=1S/C21H22N4O2/c1-15-22-8-6-20(24-15)21(26)25-9-10-27-14-17(13-25)11-16-4-5-19-18(12-16)3-2-7-23-19/h2-8,12,17H,9-11,13-14H2,1H3/t17-/m1/s1. The normalized spacial score (nSPS) is 17.7. The average molecular weight is 362 g/mol. The van der Waals surface area contributed by atoms with Gasteiger partial charge >= 0.3 is 0 Å². The smallest absolute Gasteiger partial charge is 0.272 e. The zero-order chi connectivity index (χ0) is 18.6. The maximum atomic E-state index is 12.8. The van der Waals surface area contributed by atoms with Gasteiger partial charge in [0.1, 0.15) is 11.5 Å². The van der Waals surface area contributed by atoms with E-state index in [0.29, 0.717) is 37.8 Å². The lowest BCUT2D eigenvalue weighted by Crippen LogP contribution is -2.37. The van der Waals surface area contributed by atoms with Crippen LogP contribution in [-0.2, 0) is 11.2 Å². The van der Waals surface area contributed by atoms with E-state index in [1.54, 1.807) is 25.4 Å². The first-order valence-corrected chi connectivity index (χ1v) is 9.19. The maximum Gasteiger partial charge on any atom is 0.272 e. The summed E-state index contributed by atoms with van der Waals surface area (Å²) in [7, 11) is 0. The van der Waals surface area contributed by atoms with Crippen molar-refractivity contribution in [3.63, 3.8) is 0 Å². The first-order chi connectivity index (χ1) is 13.2. The number of fused-ring (bicyclic) bond motifs is 1. The number of nitrogens with zero attached hydrogens (tertiary/aromatic N) is 4. The zero-order valence-corrected chi connectivity index (χ0v) is 15.3. The molecule has 0 spiro atoms. The van der Waals surface area contributed by atoms with E-state index < -0.39 is 0 Å². The summed E-state index contributed by atoms with van der Waals surface area (Å²) in [5.41, 5.74) is 2.67. The third kappa shape index (κ3) is 4.11. The topological polar surface area (TPSA) is 68.2 Å². The van der Waals surface area contributed by atoms with Gasteiger partial charge in [0.05, 0.1) is 18.7 Å². The van der Waals surface area contributed by atoms with Crippen molar-refractivity contribution in [3.05, 3.63) is 65.9 Å². The minimum Gasteiger partial charge on any atom is -0.379 e. The van der Waals surface area contributed by atoms with Crippen LogP contribution in [0.4, 0.5) is 0 Å². The summed E-state index contributed by atoms with van der Waals surface area (Å²) in [6.45, 7) is 4.23. The van der Waals surface area contributed by atoms with Gasteiger partial charge in [0.15, 0.2) is 0 Å². The van der Waals surface area contributed by atoms with Crippen LogP contribution in [-0.4, -0.2) is 52.1 Å². The molecule has 0 saturated carbocycles. The number of pyridine rings is 1. The lowest BCUT2D eigenvalue weighted by Gasteiger charge is -2.23. The van der Waals surface area contributed by atoms with E-state index in [-0.39, 0.29) is 11.8 Å². The maximum absolute atomic E-state index is 12.8. The Morgan fingerprint density at radius 3 is 3.04 bits per heavy atom. The molecular formula is C21H22N4O2. The molecule has 2 aromatic heterocycles. The fraction of sp³-hybridized carbons (Fsp3) is 0.333. The third-order valence-electron chi connectivity index (χ3n) is 4.81. The largest absolute Gasteiger partial charge is 0.379 e. The summed E-state index contributed by atoms with van der Waals surface area (Å²) in [5, 5.41) is 1.13. The molecule has 6 heteroatoms. The second-order valence-corrected chi connectivity index (χ2v) is 6.92. The van der Waals surface area contributed by atoms with Gasteiger partial charge in [-0.05, 0) is 43.2 Å². The highest BCUT2D eigenvalue weighted by Crippen LogP contribution is 2.19. The molecule has 1 amide bonds. The number of carbonyl (C=O) groups excluding carboxylic acids is 1. The Labute approximate surface area is 158 Å². The van der Waals surface area contributed by atoms with Crippen LogP contribution < -0.4 is 0 Å². The van der Waals surface area contributed by atoms with E-state index in [0.717, 1.165) is 17.3 Å². The summed E-state index contributed by atoms with van der Waals surface area (Å²) >= 11 is 0. The van der Waals surface area contributed by atoms with E-state index in [2.05, 4.69) is 39.2 Å². The lowest BCUT2D eigenvalue weighted by molar-refractivity contribution is 0.0731. The summed E-state index contributed by atoms with van der Waals surface area (Å²) in [6, 6.07) is 12.0. The molecule has 0 radical (unpaired) electrons. The van der Waals surface area contributed by atoms with Crippen molar-refractivity contribution in [1.29, 1.82) is 0 Å². The molecule has 1 fully saturated rings. The molecule has 1 aliphatic rings. The highest BCUT2D eigenvalue weighted by Gasteiger charge is 2.24. The predicted octanol–water partition coefficient (Wildman–Crippen LogP) is 2.66. The molecular weight excluding hydrogens is 340 g/mol. The molecule has 3 aromatic rings. The molecule has 0 bridgehead atoms. The van der Waals surface area contributed by atoms with Crippen molar-refractivity contribution in [1.82, 2.24) is 19.9 Å². The fourth-order valence-electron chi connectivity index (χ4n) is 3.51. The highest BCUT2D eigenvalue weighted by molar-refractivity contribution is 5.92. The number of aromatic nitrogens is 3. The lowest BCUT2D eigenvalue weighted by atomic mass is 9.98. The van der Waals surface area contributed by atoms with Gasteiger partial charge in [-0.15, -0.1) is 0 Å². The van der Waals surface area contributed by atoms with Crippen LogP contribution in [0.15, 0.2) is 48.8 Å². The van der Waals surface area contributed by atoms with Crippen molar-refractivity contribution < 1.29 is 9.53 Å². The molecule has 1 atom stereocenters. The van der Waals surface area contributed by atoms with Crippen molar-refractivity contribution in [3.8, 4) is 0 Å². The Morgan fingerprint density at radius 2 is 2.15 bits per heavy atom. The van der Waals surface area contributed by atoms with Crippen molar-refractivity contribution >= 4 is 16.8 Å². The summed E-state index contributed by atoms with van der Waals surface area (Å²) in [4.78, 5) is 27.4. The molecule has 27 heavy (non-hydrogen) atoms. The number of carbonyl (C=O) groups is 1.